The van der Waals surface area contributed by atoms with Crippen LogP contribution in [0.4, 0.5) is 14.4 Å². The van der Waals surface area contributed by atoms with Gasteiger partial charge in [-0.1, -0.05) is 0 Å². The van der Waals surface area contributed by atoms with Gasteiger partial charge in [0, 0.05) is 13.1 Å². The van der Waals surface area contributed by atoms with Gasteiger partial charge in [0.2, 0.25) is 0 Å². The van der Waals surface area contributed by atoms with E-state index >= 15 is 0 Å². The van der Waals surface area contributed by atoms with Crippen LogP contribution in [0.5, 0.6) is 0 Å². The largest absolute Gasteiger partial charge is 0.443 e. The number of nitrogens with zero attached hydrogens (tertiary/aromatic N) is 2. The van der Waals surface area contributed by atoms with Gasteiger partial charge in [0.05, 0.1) is 0 Å². The molecule has 0 bridgehead atoms. The van der Waals surface area contributed by atoms with Crippen LogP contribution in [0, 0.1) is 0 Å². The molecule has 0 radical (unpaired) electrons. The fraction of sp³-hybridized carbons (Fsp3) is 0.786. The molecule has 1 saturated heterocycles. The van der Waals surface area contributed by atoms with Gasteiger partial charge in [0.15, 0.2) is 0 Å². The Kier molecular flexibility index (Phi) is 4.86. The van der Waals surface area contributed by atoms with Gasteiger partial charge in [0.1, 0.15) is 11.2 Å². The summed E-state index contributed by atoms with van der Waals surface area (Å²) in [5.74, 6) is 0. The van der Waals surface area contributed by atoms with Crippen LogP contribution in [0.2, 0.25) is 0 Å². The molecular weight excluding hydrogens is 276 g/mol. The van der Waals surface area contributed by atoms with Crippen molar-refractivity contribution in [2.45, 2.75) is 59.2 Å². The Morgan fingerprint density at radius 3 is 1.48 bits per heavy atom. The molecule has 1 heterocycles. The SMILES string of the molecule is CC(C)(C)OC(=O)N1CCCN(C(=O)OC(C)(C)C)C1=O. The number of carbonyl (C=O) groups excluding carboxylic acids is 3. The van der Waals surface area contributed by atoms with Gasteiger partial charge >= 0.3 is 18.2 Å². The molecule has 0 N–H and O–H groups in total. The van der Waals surface area contributed by atoms with E-state index in [4.69, 9.17) is 9.47 Å². The molecule has 0 atom stereocenters. The minimum absolute atomic E-state index is 0.229. The zero-order valence-corrected chi connectivity index (χ0v) is 13.6. The summed E-state index contributed by atoms with van der Waals surface area (Å²) >= 11 is 0. The van der Waals surface area contributed by atoms with Crippen LogP contribution in [-0.2, 0) is 9.47 Å². The summed E-state index contributed by atoms with van der Waals surface area (Å²) < 4.78 is 10.3. The van der Waals surface area contributed by atoms with E-state index in [1.165, 1.54) is 0 Å². The smallest absolute Gasteiger partial charge is 0.418 e. The number of hydrogen-bond acceptors (Lipinski definition) is 5. The lowest BCUT2D eigenvalue weighted by molar-refractivity contribution is 0.0119. The van der Waals surface area contributed by atoms with Gasteiger partial charge in [-0.15, -0.1) is 0 Å². The highest BCUT2D eigenvalue weighted by Crippen LogP contribution is 2.18. The van der Waals surface area contributed by atoms with Crippen molar-refractivity contribution in [3.63, 3.8) is 0 Å². The molecule has 0 aromatic rings. The highest BCUT2D eigenvalue weighted by Gasteiger charge is 2.38. The van der Waals surface area contributed by atoms with Crippen molar-refractivity contribution in [3.05, 3.63) is 0 Å². The molecule has 0 aromatic heterocycles. The van der Waals surface area contributed by atoms with Crippen LogP contribution in [0.3, 0.4) is 0 Å². The third-order valence-corrected chi connectivity index (χ3v) is 2.45. The van der Waals surface area contributed by atoms with Gasteiger partial charge in [0.25, 0.3) is 0 Å². The Morgan fingerprint density at radius 2 is 1.19 bits per heavy atom. The van der Waals surface area contributed by atoms with Crippen LogP contribution in [0.15, 0.2) is 0 Å². The molecule has 21 heavy (non-hydrogen) atoms. The number of amides is 4. The topological polar surface area (TPSA) is 76.2 Å². The molecule has 1 aliphatic rings. The lowest BCUT2D eigenvalue weighted by atomic mass is 10.2. The minimum Gasteiger partial charge on any atom is -0.443 e. The standard InChI is InChI=1S/C14H24N2O5/c1-13(2,3)20-11(18)15-8-7-9-16(10(15)17)12(19)21-14(4,5)6/h7-9H2,1-6H3. The molecule has 4 amide bonds. The number of ether oxygens (including phenoxy) is 2. The molecule has 0 unspecified atom stereocenters. The Labute approximate surface area is 125 Å². The second kappa shape index (κ2) is 5.91. The quantitative estimate of drug-likeness (QED) is 0.687. The average Bonchev–Trinajstić information content (AvgIpc) is 2.23. The number of hydrogen-bond donors (Lipinski definition) is 0. The van der Waals surface area contributed by atoms with E-state index in [2.05, 4.69) is 0 Å². The van der Waals surface area contributed by atoms with E-state index in [-0.39, 0.29) is 13.1 Å². The molecular formula is C14H24N2O5. The Bertz CT molecular complexity index is 396. The molecule has 0 aliphatic carbocycles. The van der Waals surface area contributed by atoms with Gasteiger partial charge in [-0.3, -0.25) is 0 Å². The summed E-state index contributed by atoms with van der Waals surface area (Å²) in [5.41, 5.74) is -1.41. The molecule has 0 saturated carbocycles. The van der Waals surface area contributed by atoms with E-state index in [0.717, 1.165) is 9.80 Å². The summed E-state index contributed by atoms with van der Waals surface area (Å²) in [7, 11) is 0. The second-order valence-corrected chi connectivity index (χ2v) is 6.90. The maximum Gasteiger partial charge on any atom is 0.418 e. The van der Waals surface area contributed by atoms with Crippen molar-refractivity contribution in [1.82, 2.24) is 9.80 Å². The lowest BCUT2D eigenvalue weighted by Crippen LogP contribution is -2.55. The first kappa shape index (κ1) is 17.3. The zero-order valence-electron chi connectivity index (χ0n) is 13.6. The minimum atomic E-state index is -0.749. The third-order valence-electron chi connectivity index (χ3n) is 2.45. The van der Waals surface area contributed by atoms with E-state index < -0.39 is 29.4 Å². The maximum atomic E-state index is 12.2. The summed E-state index contributed by atoms with van der Waals surface area (Å²) in [6.45, 7) is 10.7. The van der Waals surface area contributed by atoms with E-state index in [1.807, 2.05) is 0 Å². The van der Waals surface area contributed by atoms with Crippen LogP contribution in [0.25, 0.3) is 0 Å². The molecule has 7 nitrogen and oxygen atoms in total. The molecule has 1 aliphatic heterocycles. The Morgan fingerprint density at radius 1 is 0.857 bits per heavy atom. The van der Waals surface area contributed by atoms with Gasteiger partial charge in [-0.25, -0.2) is 24.2 Å². The molecule has 1 rings (SSSR count). The van der Waals surface area contributed by atoms with E-state index in [0.29, 0.717) is 6.42 Å². The molecule has 0 spiro atoms. The fourth-order valence-electron chi connectivity index (χ4n) is 1.70. The fourth-order valence-corrected chi connectivity index (χ4v) is 1.70. The van der Waals surface area contributed by atoms with Crippen molar-refractivity contribution in [3.8, 4) is 0 Å². The number of carbonyl (C=O) groups is 3. The van der Waals surface area contributed by atoms with Crippen LogP contribution < -0.4 is 0 Å². The van der Waals surface area contributed by atoms with Crippen molar-refractivity contribution in [2.24, 2.45) is 0 Å². The Hall–Kier alpha value is -1.79. The number of rotatable bonds is 0. The first-order valence-electron chi connectivity index (χ1n) is 6.96. The molecule has 7 heteroatoms. The lowest BCUT2D eigenvalue weighted by Gasteiger charge is -2.34. The van der Waals surface area contributed by atoms with E-state index in [1.54, 1.807) is 41.5 Å². The van der Waals surface area contributed by atoms with Crippen molar-refractivity contribution in [1.29, 1.82) is 0 Å². The number of urea groups is 1. The predicted molar refractivity (Wildman–Crippen MR) is 75.9 cm³/mol. The van der Waals surface area contributed by atoms with Crippen molar-refractivity contribution < 1.29 is 23.9 Å². The van der Waals surface area contributed by atoms with Gasteiger partial charge in [-0.05, 0) is 48.0 Å². The number of imide groups is 2. The maximum absolute atomic E-state index is 12.2. The Balaban J connectivity index is 2.77. The summed E-state index contributed by atoms with van der Waals surface area (Å²) in [4.78, 5) is 38.1. The molecule has 0 aromatic carbocycles. The molecule has 120 valence electrons. The predicted octanol–water partition coefficient (Wildman–Crippen LogP) is 2.98. The van der Waals surface area contributed by atoms with Gasteiger partial charge in [-0.2, -0.15) is 0 Å². The monoisotopic (exact) mass is 300 g/mol. The first-order chi connectivity index (χ1) is 9.41. The zero-order chi connectivity index (χ0) is 16.4. The normalized spacial score (nSPS) is 16.8. The highest BCUT2D eigenvalue weighted by atomic mass is 16.6. The van der Waals surface area contributed by atoms with Crippen LogP contribution in [0.1, 0.15) is 48.0 Å². The molecule has 1 fully saturated rings. The summed E-state index contributed by atoms with van der Waals surface area (Å²) in [6, 6.07) is -0.704. The first-order valence-corrected chi connectivity index (χ1v) is 6.96. The second-order valence-electron chi connectivity index (χ2n) is 6.90. The summed E-state index contributed by atoms with van der Waals surface area (Å²) in [5, 5.41) is 0. The van der Waals surface area contributed by atoms with Crippen molar-refractivity contribution >= 4 is 18.2 Å². The van der Waals surface area contributed by atoms with Crippen molar-refractivity contribution in [2.75, 3.05) is 13.1 Å². The van der Waals surface area contributed by atoms with Crippen LogP contribution in [-0.4, -0.2) is 52.3 Å². The summed E-state index contributed by atoms with van der Waals surface area (Å²) in [6.07, 6.45) is -1.01. The average molecular weight is 300 g/mol. The third kappa shape index (κ3) is 5.24. The van der Waals surface area contributed by atoms with E-state index in [9.17, 15) is 14.4 Å². The van der Waals surface area contributed by atoms with Gasteiger partial charge < -0.3 is 9.47 Å². The van der Waals surface area contributed by atoms with Crippen LogP contribution >= 0.6 is 0 Å². The highest BCUT2D eigenvalue weighted by molar-refractivity contribution is 5.99.